The van der Waals surface area contributed by atoms with Crippen LogP contribution in [0.3, 0.4) is 0 Å². The molecule has 6 nitrogen and oxygen atoms in total. The van der Waals surface area contributed by atoms with Gasteiger partial charge in [-0.15, -0.1) is 0 Å². The van der Waals surface area contributed by atoms with Crippen molar-refractivity contribution in [2.75, 3.05) is 18.8 Å². The predicted octanol–water partition coefficient (Wildman–Crippen LogP) is 0.302. The summed E-state index contributed by atoms with van der Waals surface area (Å²) in [4.78, 5) is 10.7. The van der Waals surface area contributed by atoms with Crippen molar-refractivity contribution in [1.82, 2.24) is 10.6 Å². The number of amides is 2. The van der Waals surface area contributed by atoms with Crippen LogP contribution in [0.5, 0.6) is 0 Å². The Morgan fingerprint density at radius 1 is 1.40 bits per heavy atom. The van der Waals surface area contributed by atoms with Crippen molar-refractivity contribution < 1.29 is 17.6 Å². The zero-order valence-corrected chi connectivity index (χ0v) is 11.5. The van der Waals surface area contributed by atoms with Crippen LogP contribution in [0.25, 0.3) is 0 Å². The number of carbonyl (C=O) groups is 1. The molecule has 1 aliphatic heterocycles. The number of benzene rings is 1. The summed E-state index contributed by atoms with van der Waals surface area (Å²) in [5, 5.41) is 5.52. The van der Waals surface area contributed by atoms with E-state index >= 15 is 0 Å². The maximum absolute atomic E-state index is 13.3. The molecule has 0 radical (unpaired) electrons. The molecule has 1 unspecified atom stereocenters. The molecule has 0 aliphatic carbocycles. The van der Waals surface area contributed by atoms with Gasteiger partial charge in [-0.05, 0) is 30.2 Å². The zero-order chi connectivity index (χ0) is 14.8. The Bertz CT molecular complexity index is 618. The van der Waals surface area contributed by atoms with E-state index in [1.54, 1.807) is 0 Å². The van der Waals surface area contributed by atoms with Gasteiger partial charge in [0.15, 0.2) is 9.84 Å². The lowest BCUT2D eigenvalue weighted by atomic mass is 10.0. The number of urea groups is 1. The van der Waals surface area contributed by atoms with E-state index < -0.39 is 21.7 Å². The molecule has 0 saturated heterocycles. The summed E-state index contributed by atoms with van der Waals surface area (Å²) >= 11 is 0. The third-order valence-corrected chi connectivity index (χ3v) is 4.99. The van der Waals surface area contributed by atoms with Gasteiger partial charge in [0.2, 0.25) is 0 Å². The summed E-state index contributed by atoms with van der Waals surface area (Å²) in [7, 11) is -3.33. The molecule has 20 heavy (non-hydrogen) atoms. The standard InChI is InChI=1S/C12H16FN3O3S/c13-8-1-2-11-9(7-8)10(3-6-20(11,18)19)15-4-5-16-12(14)17/h1-2,7,10,15H,3-6H2,(H3,14,16,17). The Kier molecular flexibility index (Phi) is 4.24. The normalized spacial score (nSPS) is 20.1. The highest BCUT2D eigenvalue weighted by atomic mass is 32.2. The number of nitrogens with one attached hydrogen (secondary N) is 2. The van der Waals surface area contributed by atoms with E-state index in [1.165, 1.54) is 12.1 Å². The van der Waals surface area contributed by atoms with E-state index in [4.69, 9.17) is 5.73 Å². The molecule has 1 aromatic rings. The Morgan fingerprint density at radius 2 is 2.15 bits per heavy atom. The van der Waals surface area contributed by atoms with Crippen LogP contribution in [0.4, 0.5) is 9.18 Å². The molecular weight excluding hydrogens is 285 g/mol. The Morgan fingerprint density at radius 3 is 2.85 bits per heavy atom. The van der Waals surface area contributed by atoms with Crippen molar-refractivity contribution in [3.63, 3.8) is 0 Å². The van der Waals surface area contributed by atoms with Crippen LogP contribution in [0, 0.1) is 5.82 Å². The second kappa shape index (κ2) is 5.76. The number of nitrogens with two attached hydrogens (primary N) is 1. The first-order chi connectivity index (χ1) is 9.40. The molecule has 1 heterocycles. The maximum atomic E-state index is 13.3. The summed E-state index contributed by atoms with van der Waals surface area (Å²) < 4.78 is 37.2. The van der Waals surface area contributed by atoms with Gasteiger partial charge in [0.1, 0.15) is 5.82 Å². The summed E-state index contributed by atoms with van der Waals surface area (Å²) in [6, 6.07) is 2.82. The monoisotopic (exact) mass is 301 g/mol. The van der Waals surface area contributed by atoms with Gasteiger partial charge in [0, 0.05) is 19.1 Å². The van der Waals surface area contributed by atoms with Crippen LogP contribution in [-0.2, 0) is 9.84 Å². The minimum absolute atomic E-state index is 0.0204. The second-order valence-corrected chi connectivity index (χ2v) is 6.67. The minimum atomic E-state index is -3.33. The van der Waals surface area contributed by atoms with E-state index in [9.17, 15) is 17.6 Å². The molecule has 110 valence electrons. The van der Waals surface area contributed by atoms with Gasteiger partial charge in [-0.2, -0.15) is 0 Å². The van der Waals surface area contributed by atoms with E-state index in [0.29, 0.717) is 25.1 Å². The molecule has 4 N–H and O–H groups in total. The molecule has 2 amide bonds. The number of carbonyl (C=O) groups excluding carboxylic acids is 1. The molecule has 1 aromatic carbocycles. The van der Waals surface area contributed by atoms with E-state index in [-0.39, 0.29) is 16.7 Å². The van der Waals surface area contributed by atoms with Crippen LogP contribution in [-0.4, -0.2) is 33.3 Å². The number of hydrogen-bond acceptors (Lipinski definition) is 4. The predicted molar refractivity (Wildman–Crippen MR) is 71.4 cm³/mol. The van der Waals surface area contributed by atoms with Crippen LogP contribution < -0.4 is 16.4 Å². The van der Waals surface area contributed by atoms with Gasteiger partial charge >= 0.3 is 6.03 Å². The maximum Gasteiger partial charge on any atom is 0.312 e. The SMILES string of the molecule is NC(=O)NCCNC1CCS(=O)(=O)c2ccc(F)cc21. The lowest BCUT2D eigenvalue weighted by Crippen LogP contribution is -2.38. The molecule has 1 aliphatic rings. The molecule has 1 atom stereocenters. The fraction of sp³-hybridized carbons (Fsp3) is 0.417. The average Bonchev–Trinajstić information content (AvgIpc) is 2.36. The van der Waals surface area contributed by atoms with Gasteiger partial charge in [0.05, 0.1) is 10.6 Å². The first-order valence-electron chi connectivity index (χ1n) is 6.19. The van der Waals surface area contributed by atoms with Gasteiger partial charge in [-0.3, -0.25) is 0 Å². The number of sulfone groups is 1. The summed E-state index contributed by atoms with van der Waals surface area (Å²) in [5.41, 5.74) is 5.38. The lowest BCUT2D eigenvalue weighted by Gasteiger charge is -2.26. The summed E-state index contributed by atoms with van der Waals surface area (Å²) in [5.74, 6) is -0.449. The van der Waals surface area contributed by atoms with E-state index in [1.807, 2.05) is 0 Å². The Hall–Kier alpha value is -1.67. The fourth-order valence-corrected chi connectivity index (χ4v) is 3.86. The molecule has 0 aromatic heterocycles. The molecular formula is C12H16FN3O3S. The van der Waals surface area contributed by atoms with Crippen molar-refractivity contribution in [1.29, 1.82) is 0 Å². The minimum Gasteiger partial charge on any atom is -0.352 e. The van der Waals surface area contributed by atoms with E-state index in [0.717, 1.165) is 6.07 Å². The van der Waals surface area contributed by atoms with Gasteiger partial charge in [-0.25, -0.2) is 17.6 Å². The topological polar surface area (TPSA) is 101 Å². The second-order valence-electron chi connectivity index (χ2n) is 4.59. The molecule has 0 saturated carbocycles. The van der Waals surface area contributed by atoms with Crippen LogP contribution in [0.2, 0.25) is 0 Å². The van der Waals surface area contributed by atoms with Crippen LogP contribution in [0.15, 0.2) is 23.1 Å². The van der Waals surface area contributed by atoms with Crippen LogP contribution in [0.1, 0.15) is 18.0 Å². The van der Waals surface area contributed by atoms with Crippen molar-refractivity contribution in [3.05, 3.63) is 29.6 Å². The highest BCUT2D eigenvalue weighted by Gasteiger charge is 2.30. The Labute approximate surface area is 116 Å². The average molecular weight is 301 g/mol. The third-order valence-electron chi connectivity index (χ3n) is 3.17. The zero-order valence-electron chi connectivity index (χ0n) is 10.7. The van der Waals surface area contributed by atoms with Crippen molar-refractivity contribution >= 4 is 15.9 Å². The highest BCUT2D eigenvalue weighted by molar-refractivity contribution is 7.91. The van der Waals surface area contributed by atoms with Crippen molar-refractivity contribution in [3.8, 4) is 0 Å². The molecule has 0 bridgehead atoms. The van der Waals surface area contributed by atoms with Gasteiger partial charge < -0.3 is 16.4 Å². The Balaban J connectivity index is 2.13. The molecule has 0 spiro atoms. The molecule has 8 heteroatoms. The van der Waals surface area contributed by atoms with Crippen molar-refractivity contribution in [2.45, 2.75) is 17.4 Å². The number of hydrogen-bond donors (Lipinski definition) is 3. The quantitative estimate of drug-likeness (QED) is 0.550. The lowest BCUT2D eigenvalue weighted by molar-refractivity contribution is 0.248. The third kappa shape index (κ3) is 3.26. The van der Waals surface area contributed by atoms with Gasteiger partial charge in [-0.1, -0.05) is 0 Å². The number of primary amides is 1. The number of halogens is 1. The van der Waals surface area contributed by atoms with E-state index in [2.05, 4.69) is 10.6 Å². The molecule has 2 rings (SSSR count). The largest absolute Gasteiger partial charge is 0.352 e. The fourth-order valence-electron chi connectivity index (χ4n) is 2.26. The summed E-state index contributed by atoms with van der Waals surface area (Å²) in [6.07, 6.45) is 0.370. The number of fused-ring (bicyclic) bond motifs is 1. The van der Waals surface area contributed by atoms with Crippen LogP contribution >= 0.6 is 0 Å². The smallest absolute Gasteiger partial charge is 0.312 e. The number of rotatable bonds is 4. The molecule has 0 fully saturated rings. The van der Waals surface area contributed by atoms with Gasteiger partial charge in [0.25, 0.3) is 0 Å². The highest BCUT2D eigenvalue weighted by Crippen LogP contribution is 2.32. The van der Waals surface area contributed by atoms with Crippen molar-refractivity contribution in [2.24, 2.45) is 5.73 Å². The first kappa shape index (κ1) is 14.7. The summed E-state index contributed by atoms with van der Waals surface area (Å²) in [6.45, 7) is 0.743. The first-order valence-corrected chi connectivity index (χ1v) is 7.84.